The van der Waals surface area contributed by atoms with Crippen LogP contribution in [0.15, 0.2) is 34.3 Å². The van der Waals surface area contributed by atoms with Crippen LogP contribution in [0.3, 0.4) is 0 Å². The molecule has 4 rings (SSSR count). The van der Waals surface area contributed by atoms with Crippen molar-refractivity contribution in [3.05, 3.63) is 46.0 Å². The number of thiophene rings is 1. The van der Waals surface area contributed by atoms with Gasteiger partial charge in [0, 0.05) is 11.4 Å². The van der Waals surface area contributed by atoms with Crippen LogP contribution < -0.4 is 0 Å². The predicted molar refractivity (Wildman–Crippen MR) is 73.2 cm³/mol. The Bertz CT molecular complexity index is 597. The van der Waals surface area contributed by atoms with E-state index in [2.05, 4.69) is 11.4 Å². The van der Waals surface area contributed by atoms with Crippen LogP contribution in [0, 0.1) is 5.92 Å². The summed E-state index contributed by atoms with van der Waals surface area (Å²) in [6.07, 6.45) is 5.02. The summed E-state index contributed by atoms with van der Waals surface area (Å²) in [6.45, 7) is 0.814. The lowest BCUT2D eigenvalue weighted by Gasteiger charge is -2.35. The predicted octanol–water partition coefficient (Wildman–Crippen LogP) is 3.49. The monoisotopic (exact) mass is 273 g/mol. The van der Waals surface area contributed by atoms with Crippen molar-refractivity contribution >= 4 is 17.2 Å². The minimum absolute atomic E-state index is 0.0405. The lowest BCUT2D eigenvalue weighted by molar-refractivity contribution is 0.0604. The van der Waals surface area contributed by atoms with Crippen LogP contribution in [0.4, 0.5) is 0 Å². The van der Waals surface area contributed by atoms with Gasteiger partial charge >= 0.3 is 0 Å². The van der Waals surface area contributed by atoms with Gasteiger partial charge in [-0.2, -0.15) is 0 Å². The minimum atomic E-state index is 0.0405. The standard InChI is InChI=1S/C15H15NO2S/c17-15(12-2-1-8-18-12)16-7-5-13-11(6-9-19-13)14(16)10-3-4-10/h1-2,6,8-10,14H,3-5,7H2. The lowest BCUT2D eigenvalue weighted by Crippen LogP contribution is -2.40. The summed E-state index contributed by atoms with van der Waals surface area (Å²) in [5.41, 5.74) is 1.37. The highest BCUT2D eigenvalue weighted by atomic mass is 32.1. The Labute approximate surface area is 115 Å². The number of carbonyl (C=O) groups excluding carboxylic acids is 1. The van der Waals surface area contributed by atoms with Crippen molar-refractivity contribution in [2.45, 2.75) is 25.3 Å². The number of hydrogen-bond donors (Lipinski definition) is 0. The number of rotatable bonds is 2. The van der Waals surface area contributed by atoms with Crippen molar-refractivity contribution in [2.24, 2.45) is 5.92 Å². The average Bonchev–Trinajstić information content (AvgIpc) is 2.95. The molecule has 1 aliphatic heterocycles. The van der Waals surface area contributed by atoms with Gasteiger partial charge in [-0.3, -0.25) is 4.79 Å². The number of fused-ring (bicyclic) bond motifs is 1. The zero-order chi connectivity index (χ0) is 12.8. The van der Waals surface area contributed by atoms with Gasteiger partial charge in [-0.1, -0.05) is 0 Å². The molecule has 0 aromatic carbocycles. The minimum Gasteiger partial charge on any atom is -0.459 e. The molecule has 4 heteroatoms. The molecule has 0 bridgehead atoms. The molecule has 2 aromatic rings. The SMILES string of the molecule is O=C(c1ccco1)N1CCc2sccc2C1C1CC1. The molecule has 1 amide bonds. The highest BCUT2D eigenvalue weighted by molar-refractivity contribution is 7.10. The van der Waals surface area contributed by atoms with E-state index in [0.29, 0.717) is 11.7 Å². The first-order valence-electron chi connectivity index (χ1n) is 6.75. The summed E-state index contributed by atoms with van der Waals surface area (Å²) in [5, 5.41) is 2.15. The summed E-state index contributed by atoms with van der Waals surface area (Å²) in [5.74, 6) is 1.15. The number of amides is 1. The summed E-state index contributed by atoms with van der Waals surface area (Å²) in [7, 11) is 0. The zero-order valence-electron chi connectivity index (χ0n) is 10.5. The van der Waals surface area contributed by atoms with E-state index in [1.165, 1.54) is 23.3 Å². The number of carbonyl (C=O) groups is 1. The van der Waals surface area contributed by atoms with Crippen LogP contribution in [0.2, 0.25) is 0 Å². The second kappa shape index (κ2) is 4.23. The molecule has 1 aliphatic carbocycles. The van der Waals surface area contributed by atoms with Crippen molar-refractivity contribution in [2.75, 3.05) is 6.54 Å². The number of hydrogen-bond acceptors (Lipinski definition) is 3. The maximum atomic E-state index is 12.6. The molecular weight excluding hydrogens is 258 g/mol. The van der Waals surface area contributed by atoms with Crippen LogP contribution >= 0.6 is 11.3 Å². The molecule has 98 valence electrons. The maximum Gasteiger partial charge on any atom is 0.290 e. The average molecular weight is 273 g/mol. The normalized spacial score (nSPS) is 22.3. The Balaban J connectivity index is 1.70. The van der Waals surface area contributed by atoms with Gasteiger partial charge < -0.3 is 9.32 Å². The van der Waals surface area contributed by atoms with E-state index in [-0.39, 0.29) is 11.9 Å². The number of furan rings is 1. The Morgan fingerprint density at radius 1 is 1.37 bits per heavy atom. The van der Waals surface area contributed by atoms with Gasteiger partial charge in [-0.15, -0.1) is 11.3 Å². The van der Waals surface area contributed by atoms with Crippen LogP contribution in [0.1, 0.15) is 39.9 Å². The zero-order valence-corrected chi connectivity index (χ0v) is 11.4. The molecule has 0 N–H and O–H groups in total. The number of nitrogens with zero attached hydrogens (tertiary/aromatic N) is 1. The Morgan fingerprint density at radius 3 is 3.00 bits per heavy atom. The molecule has 2 aliphatic rings. The second-order valence-electron chi connectivity index (χ2n) is 5.31. The molecule has 3 heterocycles. The lowest BCUT2D eigenvalue weighted by atomic mass is 9.95. The van der Waals surface area contributed by atoms with Gasteiger partial charge in [0.25, 0.3) is 5.91 Å². The maximum absolute atomic E-state index is 12.6. The molecular formula is C15H15NO2S. The fourth-order valence-corrected chi connectivity index (χ4v) is 3.95. The third-order valence-corrected chi connectivity index (χ3v) is 5.07. The van der Waals surface area contributed by atoms with E-state index < -0.39 is 0 Å². The van der Waals surface area contributed by atoms with E-state index in [0.717, 1.165) is 13.0 Å². The smallest absolute Gasteiger partial charge is 0.290 e. The van der Waals surface area contributed by atoms with Crippen LogP contribution in [-0.2, 0) is 6.42 Å². The van der Waals surface area contributed by atoms with Gasteiger partial charge in [-0.05, 0) is 54.3 Å². The van der Waals surface area contributed by atoms with Crippen molar-refractivity contribution in [1.82, 2.24) is 4.90 Å². The van der Waals surface area contributed by atoms with E-state index in [1.807, 2.05) is 16.2 Å². The van der Waals surface area contributed by atoms with Crippen molar-refractivity contribution in [3.8, 4) is 0 Å². The van der Waals surface area contributed by atoms with Gasteiger partial charge in [-0.25, -0.2) is 0 Å². The molecule has 1 atom stereocenters. The molecule has 0 radical (unpaired) electrons. The molecule has 1 unspecified atom stereocenters. The first-order chi connectivity index (χ1) is 9.34. The Kier molecular flexibility index (Phi) is 2.52. The first-order valence-corrected chi connectivity index (χ1v) is 7.63. The van der Waals surface area contributed by atoms with Crippen molar-refractivity contribution in [1.29, 1.82) is 0 Å². The van der Waals surface area contributed by atoms with Gasteiger partial charge in [0.15, 0.2) is 5.76 Å². The second-order valence-corrected chi connectivity index (χ2v) is 6.31. The summed E-state index contributed by atoms with van der Waals surface area (Å²) in [4.78, 5) is 16.0. The van der Waals surface area contributed by atoms with E-state index in [4.69, 9.17) is 4.42 Å². The van der Waals surface area contributed by atoms with Crippen LogP contribution in [0.5, 0.6) is 0 Å². The fourth-order valence-electron chi connectivity index (χ4n) is 3.04. The molecule has 2 aromatic heterocycles. The summed E-state index contributed by atoms with van der Waals surface area (Å²) >= 11 is 1.82. The van der Waals surface area contributed by atoms with E-state index >= 15 is 0 Å². The Hall–Kier alpha value is -1.55. The fraction of sp³-hybridized carbons (Fsp3) is 0.400. The molecule has 0 spiro atoms. The molecule has 1 saturated carbocycles. The quantitative estimate of drug-likeness (QED) is 0.839. The van der Waals surface area contributed by atoms with Gasteiger partial charge in [0.2, 0.25) is 0 Å². The van der Waals surface area contributed by atoms with E-state index in [9.17, 15) is 4.79 Å². The molecule has 3 nitrogen and oxygen atoms in total. The third kappa shape index (κ3) is 1.82. The van der Waals surface area contributed by atoms with Crippen LogP contribution in [0.25, 0.3) is 0 Å². The van der Waals surface area contributed by atoms with Crippen molar-refractivity contribution in [3.63, 3.8) is 0 Å². The topological polar surface area (TPSA) is 33.5 Å². The largest absolute Gasteiger partial charge is 0.459 e. The first kappa shape index (κ1) is 11.3. The van der Waals surface area contributed by atoms with E-state index in [1.54, 1.807) is 18.4 Å². The highest BCUT2D eigenvalue weighted by Crippen LogP contribution is 2.48. The van der Waals surface area contributed by atoms with Gasteiger partial charge in [0.05, 0.1) is 12.3 Å². The molecule has 1 fully saturated rings. The van der Waals surface area contributed by atoms with Gasteiger partial charge in [0.1, 0.15) is 0 Å². The van der Waals surface area contributed by atoms with Crippen LogP contribution in [-0.4, -0.2) is 17.4 Å². The third-order valence-electron chi connectivity index (χ3n) is 4.08. The molecule has 0 saturated heterocycles. The molecule has 19 heavy (non-hydrogen) atoms. The summed E-state index contributed by atoms with van der Waals surface area (Å²) in [6, 6.07) is 6.01. The summed E-state index contributed by atoms with van der Waals surface area (Å²) < 4.78 is 5.28. The Morgan fingerprint density at radius 2 is 2.26 bits per heavy atom. The highest BCUT2D eigenvalue weighted by Gasteiger charge is 2.42. The van der Waals surface area contributed by atoms with Crippen molar-refractivity contribution < 1.29 is 9.21 Å².